The van der Waals surface area contributed by atoms with Crippen LogP contribution in [0.3, 0.4) is 0 Å². The van der Waals surface area contributed by atoms with Gasteiger partial charge in [-0.2, -0.15) is 0 Å². The fraction of sp³-hybridized carbons (Fsp3) is 0.364. The van der Waals surface area contributed by atoms with E-state index in [1.807, 2.05) is 25.1 Å². The van der Waals surface area contributed by atoms with Crippen LogP contribution >= 0.6 is 0 Å². The number of hydrogen-bond acceptors (Lipinski definition) is 2. The van der Waals surface area contributed by atoms with Gasteiger partial charge in [-0.25, -0.2) is 4.79 Å². The van der Waals surface area contributed by atoms with E-state index in [0.29, 0.717) is 6.61 Å². The molecular weight excluding hydrogens is 178 g/mol. The number of amides is 1. The molecule has 0 saturated carbocycles. The van der Waals surface area contributed by atoms with Crippen LogP contribution in [0.2, 0.25) is 0 Å². The van der Waals surface area contributed by atoms with E-state index < -0.39 is 0 Å². The second-order valence-electron chi connectivity index (χ2n) is 3.23. The second-order valence-corrected chi connectivity index (χ2v) is 3.23. The Balaban J connectivity index is 2.21. The first kappa shape index (κ1) is 9.06. The van der Waals surface area contributed by atoms with Crippen LogP contribution in [0.15, 0.2) is 24.3 Å². The third-order valence-corrected chi connectivity index (χ3v) is 2.38. The number of hydrogen-bond donors (Lipinski definition) is 0. The summed E-state index contributed by atoms with van der Waals surface area (Å²) >= 11 is 0. The number of anilines is 1. The van der Waals surface area contributed by atoms with E-state index in [2.05, 4.69) is 6.07 Å². The summed E-state index contributed by atoms with van der Waals surface area (Å²) in [6, 6.07) is 7.94. The molecule has 0 bridgehead atoms. The molecule has 0 radical (unpaired) electrons. The maximum Gasteiger partial charge on any atom is 0.414 e. The first-order chi connectivity index (χ1) is 6.83. The van der Waals surface area contributed by atoms with E-state index in [9.17, 15) is 4.79 Å². The lowest BCUT2D eigenvalue weighted by molar-refractivity contribution is 0.160. The summed E-state index contributed by atoms with van der Waals surface area (Å²) in [6.45, 7) is 2.98. The highest BCUT2D eigenvalue weighted by molar-refractivity contribution is 5.90. The van der Waals surface area contributed by atoms with Gasteiger partial charge in [-0.1, -0.05) is 18.2 Å². The number of carbonyl (C=O) groups excluding carboxylic acids is 1. The third-order valence-electron chi connectivity index (χ3n) is 2.38. The number of para-hydroxylation sites is 1. The van der Waals surface area contributed by atoms with Crippen LogP contribution in [0, 0.1) is 0 Å². The molecular formula is C11H13NO2. The van der Waals surface area contributed by atoms with Gasteiger partial charge in [-0.3, -0.25) is 4.90 Å². The number of rotatable bonds is 1. The number of ether oxygens (including phenoxy) is 1. The molecule has 0 fully saturated rings. The third kappa shape index (κ3) is 1.45. The Labute approximate surface area is 83.3 Å². The Bertz CT molecular complexity index is 349. The highest BCUT2D eigenvalue weighted by atomic mass is 16.6. The van der Waals surface area contributed by atoms with Crippen LogP contribution in [0.4, 0.5) is 10.5 Å². The zero-order valence-corrected chi connectivity index (χ0v) is 8.19. The van der Waals surface area contributed by atoms with E-state index in [1.165, 1.54) is 5.56 Å². The minimum atomic E-state index is -0.238. The van der Waals surface area contributed by atoms with Crippen molar-refractivity contribution in [2.24, 2.45) is 0 Å². The lowest BCUT2D eigenvalue weighted by atomic mass is 10.2. The topological polar surface area (TPSA) is 29.5 Å². The van der Waals surface area contributed by atoms with Crippen molar-refractivity contribution in [1.82, 2.24) is 0 Å². The van der Waals surface area contributed by atoms with Gasteiger partial charge in [-0.15, -0.1) is 0 Å². The van der Waals surface area contributed by atoms with Crippen molar-refractivity contribution in [3.8, 4) is 0 Å². The van der Waals surface area contributed by atoms with E-state index in [0.717, 1.165) is 18.7 Å². The van der Waals surface area contributed by atoms with Gasteiger partial charge in [0.15, 0.2) is 0 Å². The van der Waals surface area contributed by atoms with Crippen LogP contribution in [0.1, 0.15) is 12.5 Å². The van der Waals surface area contributed by atoms with Crippen molar-refractivity contribution in [1.29, 1.82) is 0 Å². The van der Waals surface area contributed by atoms with Gasteiger partial charge in [0, 0.05) is 6.54 Å². The summed E-state index contributed by atoms with van der Waals surface area (Å²) in [5.41, 5.74) is 2.21. The number of benzene rings is 1. The smallest absolute Gasteiger partial charge is 0.414 e. The van der Waals surface area contributed by atoms with Crippen molar-refractivity contribution in [2.75, 3.05) is 18.1 Å². The average Bonchev–Trinajstić information content (AvgIpc) is 2.61. The molecule has 1 aliphatic rings. The molecule has 3 heteroatoms. The summed E-state index contributed by atoms with van der Waals surface area (Å²) < 4.78 is 4.97. The maximum atomic E-state index is 11.5. The Kier molecular flexibility index (Phi) is 2.39. The Hall–Kier alpha value is -1.51. The monoisotopic (exact) mass is 191 g/mol. The van der Waals surface area contributed by atoms with Crippen LogP contribution < -0.4 is 4.90 Å². The summed E-state index contributed by atoms with van der Waals surface area (Å²) in [4.78, 5) is 13.2. The van der Waals surface area contributed by atoms with E-state index in [1.54, 1.807) is 4.90 Å². The quantitative estimate of drug-likeness (QED) is 0.681. The first-order valence-corrected chi connectivity index (χ1v) is 4.85. The highest BCUT2D eigenvalue weighted by Crippen LogP contribution is 2.27. The van der Waals surface area contributed by atoms with Gasteiger partial charge >= 0.3 is 6.09 Å². The fourth-order valence-electron chi connectivity index (χ4n) is 1.73. The standard InChI is InChI=1S/C11H13NO2/c1-2-14-11(13)12-8-7-9-5-3-4-6-10(9)12/h3-6H,2,7-8H2,1H3. The van der Waals surface area contributed by atoms with Crippen molar-refractivity contribution in [3.05, 3.63) is 29.8 Å². The lowest BCUT2D eigenvalue weighted by Gasteiger charge is -2.15. The van der Waals surface area contributed by atoms with Crippen molar-refractivity contribution in [2.45, 2.75) is 13.3 Å². The molecule has 74 valence electrons. The number of fused-ring (bicyclic) bond motifs is 1. The van der Waals surface area contributed by atoms with E-state index in [-0.39, 0.29) is 6.09 Å². The lowest BCUT2D eigenvalue weighted by Crippen LogP contribution is -2.29. The van der Waals surface area contributed by atoms with E-state index in [4.69, 9.17) is 4.74 Å². The molecule has 0 atom stereocenters. The zero-order valence-electron chi connectivity index (χ0n) is 8.19. The largest absolute Gasteiger partial charge is 0.449 e. The van der Waals surface area contributed by atoms with Gasteiger partial charge in [0.1, 0.15) is 0 Å². The van der Waals surface area contributed by atoms with Crippen LogP contribution in [-0.4, -0.2) is 19.2 Å². The van der Waals surface area contributed by atoms with Crippen LogP contribution in [-0.2, 0) is 11.2 Å². The Morgan fingerprint density at radius 1 is 1.50 bits per heavy atom. The van der Waals surface area contributed by atoms with Gasteiger partial charge in [0.25, 0.3) is 0 Å². The van der Waals surface area contributed by atoms with Gasteiger partial charge in [0.05, 0.1) is 12.3 Å². The molecule has 0 aromatic heterocycles. The second kappa shape index (κ2) is 3.70. The average molecular weight is 191 g/mol. The summed E-state index contributed by atoms with van der Waals surface area (Å²) in [6.07, 6.45) is 0.687. The molecule has 1 aromatic rings. The Morgan fingerprint density at radius 3 is 3.07 bits per heavy atom. The summed E-state index contributed by atoms with van der Waals surface area (Å²) in [5.74, 6) is 0. The highest BCUT2D eigenvalue weighted by Gasteiger charge is 2.24. The van der Waals surface area contributed by atoms with Crippen molar-refractivity contribution < 1.29 is 9.53 Å². The van der Waals surface area contributed by atoms with Gasteiger partial charge in [0.2, 0.25) is 0 Å². The number of carbonyl (C=O) groups is 1. The van der Waals surface area contributed by atoms with Crippen LogP contribution in [0.25, 0.3) is 0 Å². The predicted octanol–water partition coefficient (Wildman–Crippen LogP) is 2.21. The van der Waals surface area contributed by atoms with Crippen molar-refractivity contribution in [3.63, 3.8) is 0 Å². The molecule has 14 heavy (non-hydrogen) atoms. The molecule has 1 heterocycles. The minimum absolute atomic E-state index is 0.238. The van der Waals surface area contributed by atoms with Crippen LogP contribution in [0.5, 0.6) is 0 Å². The fourth-order valence-corrected chi connectivity index (χ4v) is 1.73. The maximum absolute atomic E-state index is 11.5. The van der Waals surface area contributed by atoms with E-state index >= 15 is 0 Å². The predicted molar refractivity (Wildman–Crippen MR) is 54.5 cm³/mol. The molecule has 1 aromatic carbocycles. The molecule has 1 aliphatic heterocycles. The molecule has 0 spiro atoms. The molecule has 0 N–H and O–H groups in total. The zero-order chi connectivity index (χ0) is 9.97. The van der Waals surface area contributed by atoms with Gasteiger partial charge < -0.3 is 4.74 Å². The Morgan fingerprint density at radius 2 is 2.29 bits per heavy atom. The number of nitrogens with zero attached hydrogens (tertiary/aromatic N) is 1. The summed E-state index contributed by atoms with van der Waals surface area (Å²) in [5, 5.41) is 0. The molecule has 0 aliphatic carbocycles. The molecule has 2 rings (SSSR count). The summed E-state index contributed by atoms with van der Waals surface area (Å²) in [7, 11) is 0. The molecule has 0 unspecified atom stereocenters. The minimum Gasteiger partial charge on any atom is -0.449 e. The normalized spacial score (nSPS) is 13.9. The first-order valence-electron chi connectivity index (χ1n) is 4.85. The molecule has 0 saturated heterocycles. The van der Waals surface area contributed by atoms with Gasteiger partial charge in [-0.05, 0) is 25.0 Å². The molecule has 1 amide bonds. The van der Waals surface area contributed by atoms with Crippen molar-refractivity contribution >= 4 is 11.8 Å². The SMILES string of the molecule is CCOC(=O)N1CCc2ccccc21. The molecule has 3 nitrogen and oxygen atoms in total.